The largest absolute Gasteiger partial charge is 0.477 e. The van der Waals surface area contributed by atoms with Gasteiger partial charge in [0.15, 0.2) is 0 Å². The first kappa shape index (κ1) is 17.3. The van der Waals surface area contributed by atoms with E-state index in [-0.39, 0.29) is 22.7 Å². The molecule has 2 N–H and O–H groups in total. The third kappa shape index (κ3) is 3.45. The minimum Gasteiger partial charge on any atom is -0.477 e. The van der Waals surface area contributed by atoms with Crippen LogP contribution in [-0.4, -0.2) is 40.8 Å². The van der Waals surface area contributed by atoms with Gasteiger partial charge in [0.05, 0.1) is 6.10 Å². The molecule has 1 aromatic heterocycles. The number of halogens is 1. The lowest BCUT2D eigenvalue weighted by molar-refractivity contribution is 0.0500. The second-order valence-corrected chi connectivity index (χ2v) is 7.69. The van der Waals surface area contributed by atoms with E-state index in [4.69, 9.17) is 0 Å². The zero-order valence-electron chi connectivity index (χ0n) is 13.7. The molecule has 130 valence electrons. The Kier molecular flexibility index (Phi) is 5.18. The Morgan fingerprint density at radius 3 is 2.83 bits per heavy atom. The number of aliphatic hydroxyl groups is 1. The summed E-state index contributed by atoms with van der Waals surface area (Å²) < 4.78 is 14.9. The maximum Gasteiger partial charge on any atom is 0.346 e. The molecule has 0 spiro atoms. The summed E-state index contributed by atoms with van der Waals surface area (Å²) in [7, 11) is 1.90. The first-order valence-electron chi connectivity index (χ1n) is 8.27. The van der Waals surface area contributed by atoms with Gasteiger partial charge in [0, 0.05) is 28.7 Å². The Bertz CT molecular complexity index is 745. The Hall–Kier alpha value is -1.50. The van der Waals surface area contributed by atoms with Crippen LogP contribution in [0, 0.1) is 11.7 Å². The molecule has 0 aliphatic heterocycles. The van der Waals surface area contributed by atoms with Gasteiger partial charge in [-0.25, -0.2) is 9.18 Å². The fourth-order valence-corrected chi connectivity index (χ4v) is 4.69. The standard InChI is InChI=1S/C18H22FNO3S/c1-20(9-11-5-2-3-7-14(11)21)10-12-16-13(19)6-4-8-15(16)24-17(12)18(22)23/h4,6,8,11,14,21H,2-3,5,7,9-10H2,1H3,(H,22,23). The number of thiophene rings is 1. The van der Waals surface area contributed by atoms with Gasteiger partial charge in [0.25, 0.3) is 0 Å². The molecule has 1 aliphatic carbocycles. The lowest BCUT2D eigenvalue weighted by atomic mass is 9.86. The molecule has 2 unspecified atom stereocenters. The molecule has 1 aliphatic rings. The summed E-state index contributed by atoms with van der Waals surface area (Å²) in [6.45, 7) is 1.05. The average molecular weight is 351 g/mol. The minimum atomic E-state index is -1.02. The van der Waals surface area contributed by atoms with Gasteiger partial charge >= 0.3 is 5.97 Å². The molecule has 3 rings (SSSR count). The monoisotopic (exact) mass is 351 g/mol. The Morgan fingerprint density at radius 1 is 1.38 bits per heavy atom. The van der Waals surface area contributed by atoms with Gasteiger partial charge in [0.1, 0.15) is 10.7 Å². The number of rotatable bonds is 5. The summed E-state index contributed by atoms with van der Waals surface area (Å²) in [5.74, 6) is -1.19. The van der Waals surface area contributed by atoms with Crippen LogP contribution in [0.15, 0.2) is 18.2 Å². The van der Waals surface area contributed by atoms with Gasteiger partial charge in [-0.05, 0) is 37.9 Å². The molecule has 24 heavy (non-hydrogen) atoms. The van der Waals surface area contributed by atoms with E-state index >= 15 is 0 Å². The molecule has 2 aromatic rings. The van der Waals surface area contributed by atoms with Crippen molar-refractivity contribution in [3.05, 3.63) is 34.5 Å². The van der Waals surface area contributed by atoms with Crippen LogP contribution < -0.4 is 0 Å². The summed E-state index contributed by atoms with van der Waals surface area (Å²) in [4.78, 5) is 13.8. The van der Waals surface area contributed by atoms with Crippen LogP contribution >= 0.6 is 11.3 Å². The lowest BCUT2D eigenvalue weighted by Gasteiger charge is -2.31. The highest BCUT2D eigenvalue weighted by molar-refractivity contribution is 7.21. The molecule has 0 saturated heterocycles. The van der Waals surface area contributed by atoms with E-state index in [1.807, 2.05) is 11.9 Å². The molecule has 0 radical (unpaired) electrons. The van der Waals surface area contributed by atoms with Crippen molar-refractivity contribution in [2.45, 2.75) is 38.3 Å². The molecular weight excluding hydrogens is 329 g/mol. The first-order valence-corrected chi connectivity index (χ1v) is 9.08. The van der Waals surface area contributed by atoms with Crippen LogP contribution in [0.2, 0.25) is 0 Å². The highest BCUT2D eigenvalue weighted by atomic mass is 32.1. The third-order valence-corrected chi connectivity index (χ3v) is 5.99. The second kappa shape index (κ2) is 7.17. The predicted molar refractivity (Wildman–Crippen MR) is 93.0 cm³/mol. The van der Waals surface area contributed by atoms with Crippen LogP contribution in [0.5, 0.6) is 0 Å². The number of carbonyl (C=O) groups is 1. The van der Waals surface area contributed by atoms with E-state index in [9.17, 15) is 19.4 Å². The minimum absolute atomic E-state index is 0.200. The van der Waals surface area contributed by atoms with E-state index in [0.717, 1.165) is 37.0 Å². The van der Waals surface area contributed by atoms with E-state index in [2.05, 4.69) is 0 Å². The summed E-state index contributed by atoms with van der Waals surface area (Å²) >= 11 is 1.12. The molecule has 1 aromatic carbocycles. The second-order valence-electron chi connectivity index (χ2n) is 6.64. The van der Waals surface area contributed by atoms with Crippen molar-refractivity contribution >= 4 is 27.4 Å². The highest BCUT2D eigenvalue weighted by Crippen LogP contribution is 2.34. The number of aliphatic hydroxyl groups excluding tert-OH is 1. The van der Waals surface area contributed by atoms with Gasteiger partial charge < -0.3 is 15.1 Å². The van der Waals surface area contributed by atoms with E-state index in [1.54, 1.807) is 12.1 Å². The van der Waals surface area contributed by atoms with Crippen LogP contribution in [-0.2, 0) is 6.54 Å². The van der Waals surface area contributed by atoms with Gasteiger partial charge in [0.2, 0.25) is 0 Å². The fourth-order valence-electron chi connectivity index (χ4n) is 3.63. The van der Waals surface area contributed by atoms with E-state index in [0.29, 0.717) is 28.7 Å². The smallest absolute Gasteiger partial charge is 0.346 e. The molecule has 1 saturated carbocycles. The van der Waals surface area contributed by atoms with Crippen molar-refractivity contribution in [1.82, 2.24) is 4.90 Å². The molecule has 1 heterocycles. The molecular formula is C18H22FNO3S. The Balaban J connectivity index is 1.85. The van der Waals surface area contributed by atoms with Gasteiger partial charge in [-0.2, -0.15) is 0 Å². The first-order chi connectivity index (χ1) is 11.5. The van der Waals surface area contributed by atoms with Gasteiger partial charge in [-0.3, -0.25) is 0 Å². The number of benzene rings is 1. The number of hydrogen-bond donors (Lipinski definition) is 2. The van der Waals surface area contributed by atoms with E-state index in [1.165, 1.54) is 6.07 Å². The van der Waals surface area contributed by atoms with Crippen molar-refractivity contribution in [2.24, 2.45) is 5.92 Å². The Morgan fingerprint density at radius 2 is 2.12 bits per heavy atom. The van der Waals surface area contributed by atoms with Crippen LogP contribution in [0.4, 0.5) is 4.39 Å². The topological polar surface area (TPSA) is 60.8 Å². The lowest BCUT2D eigenvalue weighted by Crippen LogP contribution is -2.34. The Labute approximate surface area is 144 Å². The zero-order valence-corrected chi connectivity index (χ0v) is 14.5. The van der Waals surface area contributed by atoms with Crippen molar-refractivity contribution < 1.29 is 19.4 Å². The zero-order chi connectivity index (χ0) is 17.3. The quantitative estimate of drug-likeness (QED) is 0.862. The summed E-state index contributed by atoms with van der Waals surface area (Å²) in [6, 6.07) is 4.73. The number of carboxylic acids is 1. The predicted octanol–water partition coefficient (Wildman–Crippen LogP) is 3.72. The number of fused-ring (bicyclic) bond motifs is 1. The summed E-state index contributed by atoms with van der Waals surface area (Å²) in [5.41, 5.74) is 0.536. The van der Waals surface area contributed by atoms with Crippen LogP contribution in [0.25, 0.3) is 10.1 Å². The molecule has 0 amide bonds. The average Bonchev–Trinajstić information content (AvgIpc) is 2.90. The van der Waals surface area contributed by atoms with Crippen molar-refractivity contribution in [1.29, 1.82) is 0 Å². The van der Waals surface area contributed by atoms with Crippen molar-refractivity contribution in [3.8, 4) is 0 Å². The van der Waals surface area contributed by atoms with Crippen LogP contribution in [0.1, 0.15) is 40.9 Å². The maximum absolute atomic E-state index is 14.2. The number of nitrogens with zero attached hydrogens (tertiary/aromatic N) is 1. The highest BCUT2D eigenvalue weighted by Gasteiger charge is 2.26. The maximum atomic E-state index is 14.2. The van der Waals surface area contributed by atoms with Crippen LogP contribution in [0.3, 0.4) is 0 Å². The van der Waals surface area contributed by atoms with Crippen molar-refractivity contribution in [3.63, 3.8) is 0 Å². The molecule has 1 fully saturated rings. The van der Waals surface area contributed by atoms with E-state index < -0.39 is 5.97 Å². The normalized spacial score (nSPS) is 21.5. The summed E-state index contributed by atoms with van der Waals surface area (Å²) in [6.07, 6.45) is 3.69. The van der Waals surface area contributed by atoms with Gasteiger partial charge in [-0.1, -0.05) is 18.9 Å². The number of hydrogen-bond acceptors (Lipinski definition) is 4. The SMILES string of the molecule is CN(Cc1c(C(=O)O)sc2cccc(F)c12)CC1CCCCC1O. The molecule has 4 nitrogen and oxygen atoms in total. The van der Waals surface area contributed by atoms with Crippen molar-refractivity contribution in [2.75, 3.05) is 13.6 Å². The number of aromatic carboxylic acids is 1. The van der Waals surface area contributed by atoms with Gasteiger partial charge in [-0.15, -0.1) is 11.3 Å². The molecule has 6 heteroatoms. The fraction of sp³-hybridized carbons (Fsp3) is 0.500. The molecule has 0 bridgehead atoms. The molecule has 2 atom stereocenters. The number of carboxylic acid groups (broad SMARTS) is 1. The third-order valence-electron chi connectivity index (χ3n) is 4.80. The summed E-state index contributed by atoms with van der Waals surface area (Å²) in [5, 5.41) is 20.0.